The molecule has 1 aromatic carbocycles. The Bertz CT molecular complexity index is 346. The van der Waals surface area contributed by atoms with Gasteiger partial charge in [-0.3, -0.25) is 4.79 Å². The van der Waals surface area contributed by atoms with Crippen molar-refractivity contribution in [3.8, 4) is 0 Å². The number of carbonyl (C=O) groups excluding carboxylic acids is 1. The van der Waals surface area contributed by atoms with E-state index in [1.807, 2.05) is 0 Å². The Kier molecular flexibility index (Phi) is 5.05. The van der Waals surface area contributed by atoms with E-state index in [9.17, 15) is 13.6 Å². The molecule has 0 spiro atoms. The average Bonchev–Trinajstić information content (AvgIpc) is 2.16. The van der Waals surface area contributed by atoms with Crippen LogP contribution in [0.2, 0.25) is 0 Å². The van der Waals surface area contributed by atoms with Crippen LogP contribution in [-0.4, -0.2) is 12.3 Å². The fourth-order valence-electron chi connectivity index (χ4n) is 1.50. The van der Waals surface area contributed by atoms with Gasteiger partial charge in [0.05, 0.1) is 0 Å². The van der Waals surface area contributed by atoms with Crippen LogP contribution < -0.4 is 5.73 Å². The maximum atomic E-state index is 12.8. The van der Waals surface area contributed by atoms with Gasteiger partial charge in [0, 0.05) is 18.9 Å². The Morgan fingerprint density at radius 2 is 1.75 bits per heavy atom. The Hall–Kier alpha value is -1.29. The summed E-state index contributed by atoms with van der Waals surface area (Å²) in [6, 6.07) is 3.16. The summed E-state index contributed by atoms with van der Waals surface area (Å²) in [7, 11) is 0. The molecule has 0 atom stereocenters. The van der Waals surface area contributed by atoms with Crippen LogP contribution in [0.3, 0.4) is 0 Å². The van der Waals surface area contributed by atoms with Crippen molar-refractivity contribution in [2.45, 2.75) is 25.7 Å². The molecule has 0 aliphatic carbocycles. The molecule has 88 valence electrons. The second-order valence-corrected chi connectivity index (χ2v) is 3.74. The van der Waals surface area contributed by atoms with E-state index in [-0.39, 0.29) is 12.2 Å². The van der Waals surface area contributed by atoms with Crippen LogP contribution in [0.15, 0.2) is 18.2 Å². The lowest BCUT2D eigenvalue weighted by Gasteiger charge is -2.02. The minimum atomic E-state index is -0.648. The van der Waals surface area contributed by atoms with Gasteiger partial charge in [-0.15, -0.1) is 0 Å². The minimum Gasteiger partial charge on any atom is -0.330 e. The fourth-order valence-corrected chi connectivity index (χ4v) is 1.50. The maximum absolute atomic E-state index is 12.8. The second-order valence-electron chi connectivity index (χ2n) is 3.74. The molecule has 16 heavy (non-hydrogen) atoms. The molecule has 0 amide bonds. The van der Waals surface area contributed by atoms with Crippen LogP contribution in [0.1, 0.15) is 24.8 Å². The smallest absolute Gasteiger partial charge is 0.137 e. The molecule has 4 heteroatoms. The summed E-state index contributed by atoms with van der Waals surface area (Å²) in [5.41, 5.74) is 5.68. The Morgan fingerprint density at radius 1 is 1.12 bits per heavy atom. The third kappa shape index (κ3) is 4.49. The van der Waals surface area contributed by atoms with E-state index >= 15 is 0 Å². The number of unbranched alkanes of at least 4 members (excludes halogenated alkanes) is 1. The van der Waals surface area contributed by atoms with Crippen molar-refractivity contribution < 1.29 is 13.6 Å². The highest BCUT2D eigenvalue weighted by molar-refractivity contribution is 5.80. The Labute approximate surface area is 93.5 Å². The summed E-state index contributed by atoms with van der Waals surface area (Å²) in [6.07, 6.45) is 2.02. The SMILES string of the molecule is NCCCCC(=O)Cc1cc(F)cc(F)c1. The van der Waals surface area contributed by atoms with Gasteiger partial charge in [-0.05, 0) is 37.1 Å². The Morgan fingerprint density at radius 3 is 2.31 bits per heavy atom. The number of hydrogen-bond acceptors (Lipinski definition) is 2. The van der Waals surface area contributed by atoms with Crippen LogP contribution in [0.5, 0.6) is 0 Å². The molecule has 1 rings (SSSR count). The number of benzene rings is 1. The van der Waals surface area contributed by atoms with Crippen LogP contribution in [-0.2, 0) is 11.2 Å². The molecule has 2 N–H and O–H groups in total. The highest BCUT2D eigenvalue weighted by Gasteiger charge is 2.06. The summed E-state index contributed by atoms with van der Waals surface area (Å²) in [5, 5.41) is 0. The second kappa shape index (κ2) is 6.33. The molecule has 0 heterocycles. The summed E-state index contributed by atoms with van der Waals surface area (Å²) < 4.78 is 25.6. The lowest BCUT2D eigenvalue weighted by atomic mass is 10.0. The average molecular weight is 227 g/mol. The summed E-state index contributed by atoms with van der Waals surface area (Å²) in [4.78, 5) is 11.4. The molecule has 0 saturated heterocycles. The van der Waals surface area contributed by atoms with Crippen molar-refractivity contribution >= 4 is 5.78 Å². The maximum Gasteiger partial charge on any atom is 0.137 e. The van der Waals surface area contributed by atoms with Gasteiger partial charge in [0.2, 0.25) is 0 Å². The molecule has 0 aromatic heterocycles. The number of ketones is 1. The van der Waals surface area contributed by atoms with Gasteiger partial charge in [0.15, 0.2) is 0 Å². The zero-order valence-electron chi connectivity index (χ0n) is 9.01. The van der Waals surface area contributed by atoms with Crippen molar-refractivity contribution in [2.75, 3.05) is 6.54 Å². The van der Waals surface area contributed by atoms with Crippen LogP contribution in [0, 0.1) is 11.6 Å². The van der Waals surface area contributed by atoms with Crippen molar-refractivity contribution in [3.63, 3.8) is 0 Å². The first-order valence-corrected chi connectivity index (χ1v) is 5.28. The standard InChI is InChI=1S/C12H15F2NO/c13-10-5-9(6-11(14)8-10)7-12(16)3-1-2-4-15/h5-6,8H,1-4,7,15H2. The predicted molar refractivity (Wildman–Crippen MR) is 58.0 cm³/mol. The van der Waals surface area contributed by atoms with Crippen LogP contribution in [0.25, 0.3) is 0 Å². The first-order chi connectivity index (χ1) is 7.61. The quantitative estimate of drug-likeness (QED) is 0.757. The van der Waals surface area contributed by atoms with Gasteiger partial charge in [-0.2, -0.15) is 0 Å². The van der Waals surface area contributed by atoms with Crippen molar-refractivity contribution in [3.05, 3.63) is 35.4 Å². The van der Waals surface area contributed by atoms with Crippen molar-refractivity contribution in [2.24, 2.45) is 5.73 Å². The zero-order chi connectivity index (χ0) is 12.0. The molecule has 0 saturated carbocycles. The number of nitrogens with two attached hydrogens (primary N) is 1. The molecule has 0 unspecified atom stereocenters. The zero-order valence-corrected chi connectivity index (χ0v) is 9.01. The Balaban J connectivity index is 2.49. The number of halogens is 2. The predicted octanol–water partition coefficient (Wildman–Crippen LogP) is 2.21. The van der Waals surface area contributed by atoms with Crippen molar-refractivity contribution in [1.82, 2.24) is 0 Å². The van der Waals surface area contributed by atoms with Crippen LogP contribution in [0.4, 0.5) is 8.78 Å². The van der Waals surface area contributed by atoms with E-state index in [2.05, 4.69) is 0 Å². The van der Waals surface area contributed by atoms with E-state index in [0.29, 0.717) is 18.5 Å². The van der Waals surface area contributed by atoms with Gasteiger partial charge in [-0.25, -0.2) is 8.78 Å². The number of carbonyl (C=O) groups is 1. The molecular formula is C12H15F2NO. The lowest BCUT2D eigenvalue weighted by molar-refractivity contribution is -0.118. The van der Waals surface area contributed by atoms with E-state index in [1.165, 1.54) is 12.1 Å². The monoisotopic (exact) mass is 227 g/mol. The van der Waals surface area contributed by atoms with Gasteiger partial charge >= 0.3 is 0 Å². The normalized spacial score (nSPS) is 10.4. The molecule has 0 aliphatic heterocycles. The van der Waals surface area contributed by atoms with Gasteiger partial charge < -0.3 is 5.73 Å². The molecule has 0 aliphatic rings. The van der Waals surface area contributed by atoms with Crippen LogP contribution >= 0.6 is 0 Å². The summed E-state index contributed by atoms with van der Waals surface area (Å²) in [5.74, 6) is -1.31. The first-order valence-electron chi connectivity index (χ1n) is 5.28. The highest BCUT2D eigenvalue weighted by atomic mass is 19.1. The van der Waals surface area contributed by atoms with E-state index in [4.69, 9.17) is 5.73 Å². The van der Waals surface area contributed by atoms with Gasteiger partial charge in [0.1, 0.15) is 17.4 Å². The minimum absolute atomic E-state index is 0.0153. The van der Waals surface area contributed by atoms with Gasteiger partial charge in [-0.1, -0.05) is 0 Å². The van der Waals surface area contributed by atoms with E-state index < -0.39 is 11.6 Å². The topological polar surface area (TPSA) is 43.1 Å². The molecule has 0 radical (unpaired) electrons. The lowest BCUT2D eigenvalue weighted by Crippen LogP contribution is -2.05. The number of hydrogen-bond donors (Lipinski definition) is 1. The molecule has 0 bridgehead atoms. The molecular weight excluding hydrogens is 212 g/mol. The fraction of sp³-hybridized carbons (Fsp3) is 0.417. The van der Waals surface area contributed by atoms with E-state index in [0.717, 1.165) is 18.9 Å². The summed E-state index contributed by atoms with van der Waals surface area (Å²) in [6.45, 7) is 0.557. The van der Waals surface area contributed by atoms with Gasteiger partial charge in [0.25, 0.3) is 0 Å². The van der Waals surface area contributed by atoms with Crippen molar-refractivity contribution in [1.29, 1.82) is 0 Å². The molecule has 2 nitrogen and oxygen atoms in total. The molecule has 0 fully saturated rings. The third-order valence-electron chi connectivity index (χ3n) is 2.23. The summed E-state index contributed by atoms with van der Waals surface area (Å²) >= 11 is 0. The first kappa shape index (κ1) is 12.8. The largest absolute Gasteiger partial charge is 0.330 e. The van der Waals surface area contributed by atoms with E-state index in [1.54, 1.807) is 0 Å². The molecule has 1 aromatic rings. The third-order valence-corrected chi connectivity index (χ3v) is 2.23. The number of Topliss-reactive ketones (excluding diaryl/α,β-unsaturated/α-hetero) is 1. The highest BCUT2D eigenvalue weighted by Crippen LogP contribution is 2.10. The number of rotatable bonds is 6.